The van der Waals surface area contributed by atoms with Crippen LogP contribution in [-0.4, -0.2) is 23.1 Å². The van der Waals surface area contributed by atoms with Gasteiger partial charge in [0.2, 0.25) is 0 Å². The van der Waals surface area contributed by atoms with E-state index in [4.69, 9.17) is 11.6 Å². The number of carbonyl (C=O) groups excluding carboxylic acids is 1. The third-order valence-corrected chi connectivity index (χ3v) is 5.39. The van der Waals surface area contributed by atoms with Gasteiger partial charge in [-0.1, -0.05) is 42.8 Å². The molecule has 0 saturated carbocycles. The maximum atomic E-state index is 12.8. The fourth-order valence-corrected chi connectivity index (χ4v) is 4.11. The van der Waals surface area contributed by atoms with Gasteiger partial charge in [0.05, 0.1) is 0 Å². The third-order valence-electron chi connectivity index (χ3n) is 3.89. The molecule has 1 aliphatic heterocycles. The number of hydrogen-bond acceptors (Lipinski definition) is 2. The second-order valence-corrected chi connectivity index (χ2v) is 6.95. The SMILES string of the molecule is CCc1ccc(C(=O)N2CCS[C@@H]2c2cccc(Cl)c2)cc1. The number of thioether (sulfide) groups is 1. The van der Waals surface area contributed by atoms with Crippen LogP contribution in [0.15, 0.2) is 48.5 Å². The van der Waals surface area contributed by atoms with Gasteiger partial charge in [0, 0.05) is 22.9 Å². The highest BCUT2D eigenvalue weighted by molar-refractivity contribution is 7.99. The zero-order valence-electron chi connectivity index (χ0n) is 12.5. The zero-order valence-corrected chi connectivity index (χ0v) is 14.0. The fraction of sp³-hybridized carbons (Fsp3) is 0.278. The molecule has 1 amide bonds. The van der Waals surface area contributed by atoms with Gasteiger partial charge in [0.25, 0.3) is 5.91 Å². The molecule has 4 heteroatoms. The van der Waals surface area contributed by atoms with E-state index in [9.17, 15) is 4.79 Å². The van der Waals surface area contributed by atoms with Crippen LogP contribution in [0, 0.1) is 0 Å². The van der Waals surface area contributed by atoms with Gasteiger partial charge in [-0.3, -0.25) is 4.79 Å². The van der Waals surface area contributed by atoms with Crippen molar-refractivity contribution in [3.8, 4) is 0 Å². The maximum absolute atomic E-state index is 12.8. The maximum Gasteiger partial charge on any atom is 0.255 e. The van der Waals surface area contributed by atoms with E-state index in [0.717, 1.165) is 29.8 Å². The van der Waals surface area contributed by atoms with Gasteiger partial charge in [-0.05, 0) is 41.8 Å². The Morgan fingerprint density at radius 1 is 1.27 bits per heavy atom. The molecular formula is C18H18ClNOS. The summed E-state index contributed by atoms with van der Waals surface area (Å²) in [6.45, 7) is 2.89. The van der Waals surface area contributed by atoms with Crippen molar-refractivity contribution >= 4 is 29.3 Å². The minimum absolute atomic E-state index is 0.0528. The highest BCUT2D eigenvalue weighted by atomic mass is 35.5. The van der Waals surface area contributed by atoms with Crippen molar-refractivity contribution in [3.05, 3.63) is 70.2 Å². The van der Waals surface area contributed by atoms with E-state index in [-0.39, 0.29) is 11.3 Å². The summed E-state index contributed by atoms with van der Waals surface area (Å²) in [7, 11) is 0. The van der Waals surface area contributed by atoms with Crippen LogP contribution in [0.2, 0.25) is 5.02 Å². The Morgan fingerprint density at radius 3 is 2.73 bits per heavy atom. The van der Waals surface area contributed by atoms with Crippen LogP contribution in [0.1, 0.15) is 33.8 Å². The topological polar surface area (TPSA) is 20.3 Å². The van der Waals surface area contributed by atoms with Crippen LogP contribution in [-0.2, 0) is 6.42 Å². The summed E-state index contributed by atoms with van der Waals surface area (Å²) >= 11 is 7.88. The molecule has 114 valence electrons. The van der Waals surface area contributed by atoms with Gasteiger partial charge in [-0.15, -0.1) is 11.8 Å². The van der Waals surface area contributed by atoms with E-state index in [1.807, 2.05) is 53.4 Å². The molecule has 1 saturated heterocycles. The molecule has 0 aromatic heterocycles. The molecule has 0 radical (unpaired) electrons. The second-order valence-electron chi connectivity index (χ2n) is 5.33. The Hall–Kier alpha value is -1.45. The first-order chi connectivity index (χ1) is 10.7. The van der Waals surface area contributed by atoms with Crippen LogP contribution < -0.4 is 0 Å². The van der Waals surface area contributed by atoms with Crippen molar-refractivity contribution in [2.75, 3.05) is 12.3 Å². The first-order valence-electron chi connectivity index (χ1n) is 7.46. The van der Waals surface area contributed by atoms with Crippen LogP contribution in [0.3, 0.4) is 0 Å². The molecule has 2 nitrogen and oxygen atoms in total. The first-order valence-corrected chi connectivity index (χ1v) is 8.88. The van der Waals surface area contributed by atoms with Crippen molar-refractivity contribution in [2.45, 2.75) is 18.7 Å². The van der Waals surface area contributed by atoms with Gasteiger partial charge in [-0.25, -0.2) is 0 Å². The molecule has 1 fully saturated rings. The molecule has 0 bridgehead atoms. The van der Waals surface area contributed by atoms with Crippen molar-refractivity contribution in [1.82, 2.24) is 4.90 Å². The Kier molecular flexibility index (Phi) is 4.74. The lowest BCUT2D eigenvalue weighted by Crippen LogP contribution is -2.30. The summed E-state index contributed by atoms with van der Waals surface area (Å²) in [4.78, 5) is 14.7. The smallest absolute Gasteiger partial charge is 0.255 e. The number of aryl methyl sites for hydroxylation is 1. The monoisotopic (exact) mass is 331 g/mol. The van der Waals surface area contributed by atoms with Crippen LogP contribution >= 0.6 is 23.4 Å². The zero-order chi connectivity index (χ0) is 15.5. The first kappa shape index (κ1) is 15.4. The van der Waals surface area contributed by atoms with Crippen LogP contribution in [0.25, 0.3) is 0 Å². The highest BCUT2D eigenvalue weighted by Gasteiger charge is 2.31. The molecule has 0 N–H and O–H groups in total. The van der Waals surface area contributed by atoms with Crippen LogP contribution in [0.5, 0.6) is 0 Å². The number of hydrogen-bond donors (Lipinski definition) is 0. The number of benzene rings is 2. The van der Waals surface area contributed by atoms with E-state index in [0.29, 0.717) is 5.02 Å². The highest BCUT2D eigenvalue weighted by Crippen LogP contribution is 2.39. The number of rotatable bonds is 3. The molecule has 2 aromatic carbocycles. The van der Waals surface area contributed by atoms with E-state index in [1.54, 1.807) is 11.8 Å². The summed E-state index contributed by atoms with van der Waals surface area (Å²) in [5.74, 6) is 1.05. The van der Waals surface area contributed by atoms with Crippen LogP contribution in [0.4, 0.5) is 0 Å². The predicted molar refractivity (Wildman–Crippen MR) is 93.5 cm³/mol. The van der Waals surface area contributed by atoms with E-state index in [1.165, 1.54) is 5.56 Å². The summed E-state index contributed by atoms with van der Waals surface area (Å²) in [6, 6.07) is 15.7. The van der Waals surface area contributed by atoms with Crippen molar-refractivity contribution < 1.29 is 4.79 Å². The molecular weight excluding hydrogens is 314 g/mol. The molecule has 0 unspecified atom stereocenters. The Labute approximate surface area is 140 Å². The van der Waals surface area contributed by atoms with Gasteiger partial charge >= 0.3 is 0 Å². The molecule has 3 rings (SSSR count). The summed E-state index contributed by atoms with van der Waals surface area (Å²) in [6.07, 6.45) is 0.985. The normalized spacial score (nSPS) is 17.7. The lowest BCUT2D eigenvalue weighted by molar-refractivity contribution is 0.0760. The lowest BCUT2D eigenvalue weighted by atomic mass is 10.1. The average molecular weight is 332 g/mol. The van der Waals surface area contributed by atoms with Crippen molar-refractivity contribution in [1.29, 1.82) is 0 Å². The number of carbonyl (C=O) groups is 1. The Balaban J connectivity index is 1.84. The minimum Gasteiger partial charge on any atom is -0.322 e. The molecule has 1 aliphatic rings. The van der Waals surface area contributed by atoms with E-state index < -0.39 is 0 Å². The minimum atomic E-state index is 0.0528. The average Bonchev–Trinajstić information content (AvgIpc) is 3.04. The van der Waals surface area contributed by atoms with Gasteiger partial charge in [0.1, 0.15) is 5.37 Å². The quantitative estimate of drug-likeness (QED) is 0.806. The number of nitrogens with zero attached hydrogens (tertiary/aromatic N) is 1. The summed E-state index contributed by atoms with van der Waals surface area (Å²) < 4.78 is 0. The fourth-order valence-electron chi connectivity index (χ4n) is 2.66. The van der Waals surface area contributed by atoms with Crippen molar-refractivity contribution in [3.63, 3.8) is 0 Å². The molecule has 1 heterocycles. The second kappa shape index (κ2) is 6.76. The van der Waals surface area contributed by atoms with Gasteiger partial charge in [0.15, 0.2) is 0 Å². The van der Waals surface area contributed by atoms with E-state index in [2.05, 4.69) is 6.92 Å². The van der Waals surface area contributed by atoms with Gasteiger partial charge < -0.3 is 4.90 Å². The van der Waals surface area contributed by atoms with E-state index >= 15 is 0 Å². The molecule has 0 spiro atoms. The Morgan fingerprint density at radius 2 is 2.05 bits per heavy atom. The third kappa shape index (κ3) is 3.16. The molecule has 2 aromatic rings. The Bertz CT molecular complexity index is 671. The molecule has 1 atom stereocenters. The summed E-state index contributed by atoms with van der Waals surface area (Å²) in [5.41, 5.74) is 3.10. The van der Waals surface area contributed by atoms with Crippen molar-refractivity contribution in [2.24, 2.45) is 0 Å². The largest absolute Gasteiger partial charge is 0.322 e. The number of halogens is 1. The molecule has 22 heavy (non-hydrogen) atoms. The van der Waals surface area contributed by atoms with Gasteiger partial charge in [-0.2, -0.15) is 0 Å². The summed E-state index contributed by atoms with van der Waals surface area (Å²) in [5, 5.41) is 0.766. The lowest BCUT2D eigenvalue weighted by Gasteiger charge is -2.24. The predicted octanol–water partition coefficient (Wildman–Crippen LogP) is 4.79. The standard InChI is InChI=1S/C18H18ClNOS/c1-2-13-6-8-14(9-7-13)17(21)20-10-11-22-18(20)15-4-3-5-16(19)12-15/h3-9,12,18H,2,10-11H2,1H3/t18-/m1/s1. The number of amides is 1. The molecule has 0 aliphatic carbocycles.